The van der Waals surface area contributed by atoms with Crippen molar-refractivity contribution < 1.29 is 9.47 Å². The molecule has 2 rings (SSSR count). The largest absolute Gasteiger partial charge is 0.497 e. The topological polar surface area (TPSA) is 30.8 Å². The van der Waals surface area contributed by atoms with E-state index in [9.17, 15) is 0 Å². The first-order chi connectivity index (χ1) is 9.33. The highest BCUT2D eigenvalue weighted by molar-refractivity contribution is 5.94. The minimum absolute atomic E-state index is 0.428. The van der Waals surface area contributed by atoms with Crippen molar-refractivity contribution >= 4 is 5.90 Å². The highest BCUT2D eigenvalue weighted by atomic mass is 16.5. The number of nitrogens with zero attached hydrogens (tertiary/aromatic N) is 1. The molecule has 1 saturated carbocycles. The van der Waals surface area contributed by atoms with Crippen LogP contribution in [0.15, 0.2) is 29.3 Å². The van der Waals surface area contributed by atoms with Crippen molar-refractivity contribution in [2.75, 3.05) is 13.7 Å². The van der Waals surface area contributed by atoms with Crippen molar-refractivity contribution in [3.05, 3.63) is 29.8 Å². The molecule has 0 amide bonds. The van der Waals surface area contributed by atoms with Gasteiger partial charge in [0.1, 0.15) is 5.75 Å². The van der Waals surface area contributed by atoms with Crippen LogP contribution in [0.25, 0.3) is 0 Å². The number of benzene rings is 1. The zero-order chi connectivity index (χ0) is 13.5. The van der Waals surface area contributed by atoms with E-state index in [1.165, 1.54) is 32.1 Å². The van der Waals surface area contributed by atoms with Gasteiger partial charge in [0.2, 0.25) is 5.90 Å². The van der Waals surface area contributed by atoms with Crippen LogP contribution in [-0.2, 0) is 4.74 Å². The van der Waals surface area contributed by atoms with Gasteiger partial charge in [-0.15, -0.1) is 0 Å². The highest BCUT2D eigenvalue weighted by Gasteiger charge is 2.14. The van der Waals surface area contributed by atoms with Crippen LogP contribution in [0.5, 0.6) is 5.75 Å². The van der Waals surface area contributed by atoms with E-state index in [1.807, 2.05) is 31.2 Å². The molecular weight excluding hydrogens is 238 g/mol. The van der Waals surface area contributed by atoms with Crippen LogP contribution >= 0.6 is 0 Å². The third kappa shape index (κ3) is 3.98. The van der Waals surface area contributed by atoms with Crippen molar-refractivity contribution in [1.29, 1.82) is 0 Å². The summed E-state index contributed by atoms with van der Waals surface area (Å²) in [4.78, 5) is 4.80. The molecule has 0 aromatic heterocycles. The molecular formula is C16H23NO2. The minimum atomic E-state index is 0.428. The summed E-state index contributed by atoms with van der Waals surface area (Å²) >= 11 is 0. The van der Waals surface area contributed by atoms with Gasteiger partial charge >= 0.3 is 0 Å². The van der Waals surface area contributed by atoms with E-state index < -0.39 is 0 Å². The number of rotatable bonds is 4. The number of hydrogen-bond donors (Lipinski definition) is 0. The molecule has 19 heavy (non-hydrogen) atoms. The Morgan fingerprint density at radius 1 is 1.16 bits per heavy atom. The van der Waals surface area contributed by atoms with E-state index in [-0.39, 0.29) is 0 Å². The second kappa shape index (κ2) is 7.17. The fourth-order valence-electron chi connectivity index (χ4n) is 2.44. The normalized spacial score (nSPS) is 17.3. The van der Waals surface area contributed by atoms with Crippen LogP contribution in [0.3, 0.4) is 0 Å². The maximum atomic E-state index is 5.71. The Bertz CT molecular complexity index is 405. The van der Waals surface area contributed by atoms with Gasteiger partial charge in [0, 0.05) is 5.56 Å². The summed E-state index contributed by atoms with van der Waals surface area (Å²) in [5.41, 5.74) is 1.04. The van der Waals surface area contributed by atoms with Crippen LogP contribution in [0.2, 0.25) is 0 Å². The summed E-state index contributed by atoms with van der Waals surface area (Å²) in [6, 6.07) is 8.35. The number of hydrogen-bond acceptors (Lipinski definition) is 3. The van der Waals surface area contributed by atoms with Crippen LogP contribution in [-0.4, -0.2) is 25.7 Å². The predicted octanol–water partition coefficient (Wildman–Crippen LogP) is 3.81. The molecule has 104 valence electrons. The van der Waals surface area contributed by atoms with Gasteiger partial charge < -0.3 is 9.47 Å². The van der Waals surface area contributed by atoms with Gasteiger partial charge in [0.05, 0.1) is 19.8 Å². The SMILES string of the molecule is CCOC(=NC1CCCCC1)c1ccc(OC)cc1. The smallest absolute Gasteiger partial charge is 0.216 e. The van der Waals surface area contributed by atoms with Gasteiger partial charge in [-0.3, -0.25) is 0 Å². The lowest BCUT2D eigenvalue weighted by Crippen LogP contribution is -2.15. The molecule has 1 aliphatic carbocycles. The first kappa shape index (κ1) is 13.9. The lowest BCUT2D eigenvalue weighted by Gasteiger charge is -2.19. The van der Waals surface area contributed by atoms with Gasteiger partial charge in [0.15, 0.2) is 0 Å². The molecule has 0 atom stereocenters. The average molecular weight is 261 g/mol. The monoisotopic (exact) mass is 261 g/mol. The zero-order valence-electron chi connectivity index (χ0n) is 11.9. The summed E-state index contributed by atoms with van der Waals surface area (Å²) in [5.74, 6) is 1.63. The Morgan fingerprint density at radius 3 is 2.42 bits per heavy atom. The molecule has 0 saturated heterocycles. The molecule has 0 unspecified atom stereocenters. The molecule has 1 aromatic carbocycles. The Labute approximate surface area is 115 Å². The van der Waals surface area contributed by atoms with Crippen LogP contribution in [0.1, 0.15) is 44.6 Å². The first-order valence-electron chi connectivity index (χ1n) is 7.18. The molecule has 1 aliphatic rings. The van der Waals surface area contributed by atoms with E-state index in [1.54, 1.807) is 7.11 Å². The number of methoxy groups -OCH3 is 1. The molecule has 0 aliphatic heterocycles. The third-order valence-corrected chi connectivity index (χ3v) is 3.49. The molecule has 3 nitrogen and oxygen atoms in total. The molecule has 0 bridgehead atoms. The second-order valence-electron chi connectivity index (χ2n) is 4.89. The number of ether oxygens (including phenoxy) is 2. The van der Waals surface area contributed by atoms with Crippen molar-refractivity contribution in [2.24, 2.45) is 4.99 Å². The lowest BCUT2D eigenvalue weighted by molar-refractivity contribution is 0.320. The highest BCUT2D eigenvalue weighted by Crippen LogP contribution is 2.22. The number of aliphatic imine (C=N–C) groups is 1. The standard InChI is InChI=1S/C16H23NO2/c1-3-19-16(17-14-7-5-4-6-8-14)13-9-11-15(18-2)12-10-13/h9-12,14H,3-8H2,1-2H3. The molecule has 0 spiro atoms. The Balaban J connectivity index is 2.14. The van der Waals surface area contributed by atoms with Crippen molar-refractivity contribution in [3.63, 3.8) is 0 Å². The molecule has 1 aromatic rings. The maximum absolute atomic E-state index is 5.71. The lowest BCUT2D eigenvalue weighted by atomic mass is 9.96. The fourth-order valence-corrected chi connectivity index (χ4v) is 2.44. The molecule has 3 heteroatoms. The predicted molar refractivity (Wildman–Crippen MR) is 78.0 cm³/mol. The zero-order valence-corrected chi connectivity index (χ0v) is 11.9. The summed E-state index contributed by atoms with van der Waals surface area (Å²) < 4.78 is 10.9. The van der Waals surface area contributed by atoms with Crippen molar-refractivity contribution in [2.45, 2.75) is 45.1 Å². The van der Waals surface area contributed by atoms with E-state index in [0.717, 1.165) is 17.2 Å². The van der Waals surface area contributed by atoms with Crippen LogP contribution < -0.4 is 4.74 Å². The van der Waals surface area contributed by atoms with E-state index in [4.69, 9.17) is 14.5 Å². The second-order valence-corrected chi connectivity index (χ2v) is 4.89. The van der Waals surface area contributed by atoms with Crippen molar-refractivity contribution in [3.8, 4) is 5.75 Å². The quantitative estimate of drug-likeness (QED) is 0.609. The van der Waals surface area contributed by atoms with E-state index >= 15 is 0 Å². The molecule has 1 fully saturated rings. The first-order valence-corrected chi connectivity index (χ1v) is 7.18. The summed E-state index contributed by atoms with van der Waals surface area (Å²) in [6.45, 7) is 2.65. The van der Waals surface area contributed by atoms with Gasteiger partial charge in [-0.2, -0.15) is 0 Å². The van der Waals surface area contributed by atoms with Crippen molar-refractivity contribution in [1.82, 2.24) is 0 Å². The summed E-state index contributed by atoms with van der Waals surface area (Å²) in [7, 11) is 1.68. The maximum Gasteiger partial charge on any atom is 0.216 e. The molecule has 0 radical (unpaired) electrons. The molecule has 0 heterocycles. The Kier molecular flexibility index (Phi) is 5.25. The van der Waals surface area contributed by atoms with Gasteiger partial charge in [-0.1, -0.05) is 19.3 Å². The van der Waals surface area contributed by atoms with Crippen LogP contribution in [0, 0.1) is 0 Å². The average Bonchev–Trinajstić information content (AvgIpc) is 2.48. The fraction of sp³-hybridized carbons (Fsp3) is 0.562. The van der Waals surface area contributed by atoms with Gasteiger partial charge in [0.25, 0.3) is 0 Å². The summed E-state index contributed by atoms with van der Waals surface area (Å²) in [6.07, 6.45) is 6.30. The van der Waals surface area contributed by atoms with Gasteiger partial charge in [-0.05, 0) is 44.0 Å². The van der Waals surface area contributed by atoms with Gasteiger partial charge in [-0.25, -0.2) is 4.99 Å². The minimum Gasteiger partial charge on any atom is -0.497 e. The third-order valence-electron chi connectivity index (χ3n) is 3.49. The Hall–Kier alpha value is -1.51. The van der Waals surface area contributed by atoms with Crippen LogP contribution in [0.4, 0.5) is 0 Å². The van der Waals surface area contributed by atoms with E-state index in [2.05, 4.69) is 0 Å². The van der Waals surface area contributed by atoms with E-state index in [0.29, 0.717) is 12.6 Å². The Morgan fingerprint density at radius 2 is 1.84 bits per heavy atom. The summed E-state index contributed by atoms with van der Waals surface area (Å²) in [5, 5.41) is 0. The molecule has 0 N–H and O–H groups in total.